The summed E-state index contributed by atoms with van der Waals surface area (Å²) in [5.74, 6) is -3.93. The van der Waals surface area contributed by atoms with Gasteiger partial charge in [-0.15, -0.1) is 0 Å². The first-order valence-electron chi connectivity index (χ1n) is 3.32. The molecule has 3 heteroatoms. The molecule has 0 saturated carbocycles. The topological polar surface area (TPSA) is 37.3 Å². The molecular weight excluding hydrogens is 147 g/mol. The number of Topliss-reactive ketones (excluding diaryl/α,β-unsaturated/α-hetero) is 1. The number of rotatable bonds is 1. The highest BCUT2D eigenvalue weighted by Crippen LogP contribution is 2.26. The molecule has 0 amide bonds. The van der Waals surface area contributed by atoms with E-state index in [1.807, 2.05) is 0 Å². The van der Waals surface area contributed by atoms with Crippen molar-refractivity contribution in [2.24, 2.45) is 5.92 Å². The van der Waals surface area contributed by atoms with Crippen LogP contribution >= 0.6 is 0 Å². The molecule has 2 nitrogen and oxygen atoms in total. The second-order valence-corrected chi connectivity index (χ2v) is 2.56. The molecular formula is C8H9FO2. The third-order valence-electron chi connectivity index (χ3n) is 1.62. The zero-order valence-electron chi connectivity index (χ0n) is 6.12. The smallest absolute Gasteiger partial charge is 0.239 e. The van der Waals surface area contributed by atoms with E-state index in [0.717, 1.165) is 6.08 Å². The molecule has 2 atom stereocenters. The van der Waals surface area contributed by atoms with Crippen molar-refractivity contribution in [3.8, 4) is 0 Å². The molecule has 0 aliphatic heterocycles. The molecule has 1 rings (SSSR count). The van der Waals surface area contributed by atoms with Gasteiger partial charge in [-0.05, 0) is 13.0 Å². The van der Waals surface area contributed by atoms with Gasteiger partial charge in [-0.25, -0.2) is 4.39 Å². The van der Waals surface area contributed by atoms with E-state index in [1.54, 1.807) is 6.08 Å². The minimum absolute atomic E-state index is 0.379. The number of allylic oxidation sites excluding steroid dienone is 2. The summed E-state index contributed by atoms with van der Waals surface area (Å²) in [6.45, 7) is 1.25. The highest BCUT2D eigenvalue weighted by atomic mass is 19.2. The van der Waals surface area contributed by atoms with Crippen LogP contribution in [0.3, 0.4) is 0 Å². The van der Waals surface area contributed by atoms with E-state index < -0.39 is 11.8 Å². The number of aliphatic hydroxyl groups is 1. The summed E-state index contributed by atoms with van der Waals surface area (Å²) in [6, 6.07) is 0. The lowest BCUT2D eigenvalue weighted by atomic mass is 9.92. The highest BCUT2D eigenvalue weighted by Gasteiger charge is 2.36. The number of hydrogen-bond donors (Lipinski definition) is 1. The lowest BCUT2D eigenvalue weighted by Crippen LogP contribution is -2.35. The molecule has 0 aromatic heterocycles. The number of ketones is 1. The fraction of sp³-hybridized carbons (Fsp3) is 0.375. The van der Waals surface area contributed by atoms with Crippen molar-refractivity contribution >= 4 is 5.78 Å². The monoisotopic (exact) mass is 156 g/mol. The Balaban J connectivity index is 2.89. The zero-order chi connectivity index (χ0) is 8.48. The second-order valence-electron chi connectivity index (χ2n) is 2.56. The Hall–Kier alpha value is -0.960. The van der Waals surface area contributed by atoms with E-state index in [0.29, 0.717) is 0 Å². The lowest BCUT2D eigenvalue weighted by molar-refractivity contribution is -0.135. The molecule has 60 valence electrons. The van der Waals surface area contributed by atoms with Crippen LogP contribution in [0.4, 0.5) is 4.39 Å². The normalized spacial score (nSPS) is 35.7. The van der Waals surface area contributed by atoms with Crippen molar-refractivity contribution in [2.45, 2.75) is 12.8 Å². The summed E-state index contributed by atoms with van der Waals surface area (Å²) in [5.41, 5.74) is 0. The van der Waals surface area contributed by atoms with E-state index in [1.165, 1.54) is 19.1 Å². The summed E-state index contributed by atoms with van der Waals surface area (Å²) in [6.07, 6.45) is 5.24. The molecule has 2 unspecified atom stereocenters. The number of carbonyl (C=O) groups is 1. The van der Waals surface area contributed by atoms with Gasteiger partial charge in [0.05, 0.1) is 5.92 Å². The first kappa shape index (κ1) is 8.14. The predicted molar refractivity (Wildman–Crippen MR) is 38.5 cm³/mol. The Kier molecular flexibility index (Phi) is 1.91. The molecule has 0 aromatic rings. The molecule has 1 aliphatic carbocycles. The lowest BCUT2D eigenvalue weighted by Gasteiger charge is -2.23. The van der Waals surface area contributed by atoms with Crippen LogP contribution < -0.4 is 0 Å². The van der Waals surface area contributed by atoms with Crippen LogP contribution in [0.1, 0.15) is 6.92 Å². The summed E-state index contributed by atoms with van der Waals surface area (Å²) in [7, 11) is 0. The predicted octanol–water partition coefficient (Wildman–Crippen LogP) is 0.976. The van der Waals surface area contributed by atoms with Crippen molar-refractivity contribution < 1.29 is 14.3 Å². The van der Waals surface area contributed by atoms with Gasteiger partial charge in [-0.1, -0.05) is 18.2 Å². The van der Waals surface area contributed by atoms with Gasteiger partial charge in [0.15, 0.2) is 0 Å². The molecule has 0 bridgehead atoms. The maximum absolute atomic E-state index is 13.0. The molecule has 0 spiro atoms. The third kappa shape index (κ3) is 1.54. The minimum Gasteiger partial charge on any atom is -0.358 e. The van der Waals surface area contributed by atoms with Crippen LogP contribution in [-0.2, 0) is 4.79 Å². The first-order chi connectivity index (χ1) is 5.04. The van der Waals surface area contributed by atoms with Crippen molar-refractivity contribution in [3.63, 3.8) is 0 Å². The molecule has 1 aliphatic rings. The summed E-state index contributed by atoms with van der Waals surface area (Å²) in [4.78, 5) is 10.7. The summed E-state index contributed by atoms with van der Waals surface area (Å²) >= 11 is 0. The molecule has 11 heavy (non-hydrogen) atoms. The van der Waals surface area contributed by atoms with Crippen LogP contribution in [0.25, 0.3) is 0 Å². The van der Waals surface area contributed by atoms with Gasteiger partial charge in [0.1, 0.15) is 5.78 Å². The van der Waals surface area contributed by atoms with Gasteiger partial charge >= 0.3 is 0 Å². The van der Waals surface area contributed by atoms with Crippen LogP contribution in [-0.4, -0.2) is 16.7 Å². The molecule has 0 saturated heterocycles. The SMILES string of the molecule is CC(=O)C1C=CC=CC1(O)F. The van der Waals surface area contributed by atoms with Crippen molar-refractivity contribution in [1.29, 1.82) is 0 Å². The summed E-state index contributed by atoms with van der Waals surface area (Å²) < 4.78 is 13.0. The van der Waals surface area contributed by atoms with Crippen LogP contribution in [0.15, 0.2) is 24.3 Å². The van der Waals surface area contributed by atoms with Crippen molar-refractivity contribution in [2.75, 3.05) is 0 Å². The maximum Gasteiger partial charge on any atom is 0.239 e. The van der Waals surface area contributed by atoms with Crippen molar-refractivity contribution in [1.82, 2.24) is 0 Å². The number of hydrogen-bond acceptors (Lipinski definition) is 2. The van der Waals surface area contributed by atoms with Crippen LogP contribution in [0, 0.1) is 5.92 Å². The van der Waals surface area contributed by atoms with E-state index in [4.69, 9.17) is 5.11 Å². The fourth-order valence-corrected chi connectivity index (χ4v) is 1.02. The second kappa shape index (κ2) is 2.58. The average Bonchev–Trinajstić information content (AvgIpc) is 1.85. The first-order valence-corrected chi connectivity index (χ1v) is 3.32. The largest absolute Gasteiger partial charge is 0.358 e. The fourth-order valence-electron chi connectivity index (χ4n) is 1.02. The minimum atomic E-state index is -2.50. The molecule has 0 heterocycles. The quantitative estimate of drug-likeness (QED) is 0.614. The Morgan fingerprint density at radius 1 is 1.64 bits per heavy atom. The van der Waals surface area contributed by atoms with Crippen LogP contribution in [0.2, 0.25) is 0 Å². The van der Waals surface area contributed by atoms with Gasteiger partial charge in [-0.3, -0.25) is 4.79 Å². The van der Waals surface area contributed by atoms with E-state index >= 15 is 0 Å². The number of alkyl halides is 1. The van der Waals surface area contributed by atoms with E-state index in [-0.39, 0.29) is 5.78 Å². The van der Waals surface area contributed by atoms with Gasteiger partial charge in [0.25, 0.3) is 0 Å². The number of carbonyl (C=O) groups excluding carboxylic acids is 1. The average molecular weight is 156 g/mol. The Morgan fingerprint density at radius 2 is 2.27 bits per heavy atom. The molecule has 0 fully saturated rings. The highest BCUT2D eigenvalue weighted by molar-refractivity contribution is 5.81. The summed E-state index contributed by atoms with van der Waals surface area (Å²) in [5, 5.41) is 8.98. The van der Waals surface area contributed by atoms with Crippen molar-refractivity contribution in [3.05, 3.63) is 24.3 Å². The maximum atomic E-state index is 13.0. The molecule has 0 aromatic carbocycles. The van der Waals surface area contributed by atoms with E-state index in [2.05, 4.69) is 0 Å². The van der Waals surface area contributed by atoms with Gasteiger partial charge in [0, 0.05) is 0 Å². The Labute approximate surface area is 64.0 Å². The standard InChI is InChI=1S/C8H9FO2/c1-6(10)7-4-2-3-5-8(7,9)11/h2-5,7,11H,1H3. The van der Waals surface area contributed by atoms with Gasteiger partial charge in [-0.2, -0.15) is 0 Å². The van der Waals surface area contributed by atoms with Gasteiger partial charge in [0.2, 0.25) is 5.85 Å². The molecule has 1 N–H and O–H groups in total. The third-order valence-corrected chi connectivity index (χ3v) is 1.62. The van der Waals surface area contributed by atoms with Gasteiger partial charge < -0.3 is 5.11 Å². The van der Waals surface area contributed by atoms with E-state index in [9.17, 15) is 9.18 Å². The van der Waals surface area contributed by atoms with Crippen LogP contribution in [0.5, 0.6) is 0 Å². The Bertz CT molecular complexity index is 228. The zero-order valence-corrected chi connectivity index (χ0v) is 6.12. The Morgan fingerprint density at radius 3 is 2.64 bits per heavy atom. The number of halogens is 1. The molecule has 0 radical (unpaired) electrons.